The summed E-state index contributed by atoms with van der Waals surface area (Å²) in [6, 6.07) is 16.1. The van der Waals surface area contributed by atoms with Crippen molar-refractivity contribution >= 4 is 37.8 Å². The second-order valence-corrected chi connectivity index (χ2v) is 17.0. The fraction of sp³-hybridized carbons (Fsp3) is 0.740. The van der Waals surface area contributed by atoms with Gasteiger partial charge in [-0.3, -0.25) is 4.79 Å². The van der Waals surface area contributed by atoms with Crippen LogP contribution in [0.4, 0.5) is 0 Å². The van der Waals surface area contributed by atoms with E-state index in [0.29, 0.717) is 12.2 Å². The Labute approximate surface area is 357 Å². The van der Waals surface area contributed by atoms with Crippen molar-refractivity contribution in [2.75, 3.05) is 6.61 Å². The molecule has 0 aliphatic heterocycles. The van der Waals surface area contributed by atoms with Crippen molar-refractivity contribution in [3.63, 3.8) is 0 Å². The molecule has 2 aromatic rings. The van der Waals surface area contributed by atoms with E-state index in [1.807, 2.05) is 24.3 Å². The third kappa shape index (κ3) is 34.4. The molecule has 0 saturated heterocycles. The molecule has 0 aliphatic carbocycles. The Morgan fingerprint density at radius 2 is 0.691 bits per heavy atom. The van der Waals surface area contributed by atoms with Crippen LogP contribution in [-0.4, -0.2) is 12.6 Å². The molecule has 3 nitrogen and oxygen atoms in total. The Morgan fingerprint density at radius 3 is 1.02 bits per heavy atom. The van der Waals surface area contributed by atoms with Crippen molar-refractivity contribution in [2.24, 2.45) is 0 Å². The van der Waals surface area contributed by atoms with Crippen LogP contribution in [0.3, 0.4) is 0 Å². The van der Waals surface area contributed by atoms with Crippen LogP contribution >= 0.6 is 31.9 Å². The average molecular weight is 893 g/mol. The lowest BCUT2D eigenvalue weighted by atomic mass is 10.0. The number of carbonyl (C=O) groups is 1. The number of benzene rings is 2. The fourth-order valence-electron chi connectivity index (χ4n) is 6.98. The highest BCUT2D eigenvalue weighted by atomic mass is 79.9. The second kappa shape index (κ2) is 40.9. The molecule has 0 atom stereocenters. The third-order valence-corrected chi connectivity index (χ3v) is 11.9. The van der Waals surface area contributed by atoms with Gasteiger partial charge in [-0.1, -0.05) is 256 Å². The summed E-state index contributed by atoms with van der Waals surface area (Å²) in [6.07, 6.45) is 43.2. The monoisotopic (exact) mass is 890 g/mol. The zero-order valence-electron chi connectivity index (χ0n) is 35.8. The molecule has 2 rings (SSSR count). The molecular formula is C50H84Br2O3. The van der Waals surface area contributed by atoms with E-state index < -0.39 is 0 Å². The van der Waals surface area contributed by atoms with Crippen LogP contribution in [0.25, 0.3) is 0 Å². The Morgan fingerprint density at radius 1 is 0.400 bits per heavy atom. The van der Waals surface area contributed by atoms with Crippen LogP contribution < -0.4 is 9.47 Å². The van der Waals surface area contributed by atoms with Gasteiger partial charge in [0.15, 0.2) is 0 Å². The van der Waals surface area contributed by atoms with Gasteiger partial charge in [0.25, 0.3) is 0 Å². The number of hydrogen-bond donors (Lipinski definition) is 0. The maximum Gasteiger partial charge on any atom is 0.311 e. The molecule has 0 saturated carbocycles. The first-order valence-corrected chi connectivity index (χ1v) is 25.5. The second-order valence-electron chi connectivity index (χ2n) is 15.9. The first-order valence-electron chi connectivity index (χ1n) is 23.3. The average Bonchev–Trinajstić information content (AvgIpc) is 3.21. The van der Waals surface area contributed by atoms with Crippen molar-refractivity contribution in [1.82, 2.24) is 0 Å². The molecule has 0 radical (unpaired) electrons. The van der Waals surface area contributed by atoms with E-state index in [1.54, 1.807) is 0 Å². The van der Waals surface area contributed by atoms with Crippen LogP contribution in [0.15, 0.2) is 48.5 Å². The molecule has 0 N–H and O–H groups in total. The van der Waals surface area contributed by atoms with Gasteiger partial charge >= 0.3 is 5.97 Å². The predicted octanol–water partition coefficient (Wildman–Crippen LogP) is 18.0. The summed E-state index contributed by atoms with van der Waals surface area (Å²) in [4.78, 5) is 11.9. The molecule has 0 spiro atoms. The highest BCUT2D eigenvalue weighted by Gasteiger charge is 2.05. The number of unbranched alkanes of at least 4 members (excludes halogenated alkanes) is 29. The lowest BCUT2D eigenvalue weighted by Gasteiger charge is -2.07. The number of alkyl halides is 2. The van der Waals surface area contributed by atoms with Crippen LogP contribution in [0.1, 0.15) is 230 Å². The summed E-state index contributed by atoms with van der Waals surface area (Å²) in [7, 11) is 0. The molecule has 0 heterocycles. The largest absolute Gasteiger partial charge is 0.494 e. The van der Waals surface area contributed by atoms with Crippen molar-refractivity contribution in [1.29, 1.82) is 0 Å². The third-order valence-electron chi connectivity index (χ3n) is 10.6. The number of hydrogen-bond acceptors (Lipinski definition) is 3. The minimum absolute atomic E-state index is 0.110. The number of esters is 1. The van der Waals surface area contributed by atoms with E-state index in [-0.39, 0.29) is 5.97 Å². The smallest absolute Gasteiger partial charge is 0.311 e. The summed E-state index contributed by atoms with van der Waals surface area (Å²) in [5.74, 6) is 1.54. The van der Waals surface area contributed by atoms with Crippen LogP contribution in [0, 0.1) is 0 Å². The number of rotatable bonds is 37. The van der Waals surface area contributed by atoms with Gasteiger partial charge in [0.2, 0.25) is 0 Å². The van der Waals surface area contributed by atoms with Crippen molar-refractivity contribution in [3.05, 3.63) is 59.7 Å². The predicted molar refractivity (Wildman–Crippen MR) is 248 cm³/mol. The van der Waals surface area contributed by atoms with Gasteiger partial charge in [0, 0.05) is 17.1 Å². The zero-order valence-corrected chi connectivity index (χ0v) is 39.0. The maximum absolute atomic E-state index is 11.9. The number of halogens is 2. The molecule has 0 amide bonds. The summed E-state index contributed by atoms with van der Waals surface area (Å²) in [5, 5.41) is 1.73. The van der Waals surface area contributed by atoms with Gasteiger partial charge in [0.1, 0.15) is 11.5 Å². The molecule has 0 fully saturated rings. The maximum atomic E-state index is 11.9. The Kier molecular flexibility index (Phi) is 38.4. The molecular weight excluding hydrogens is 808 g/mol. The zero-order chi connectivity index (χ0) is 39.7. The quantitative estimate of drug-likeness (QED) is 0.0293. The van der Waals surface area contributed by atoms with Crippen molar-refractivity contribution in [2.45, 2.75) is 230 Å². The van der Waals surface area contributed by atoms with Gasteiger partial charge in [-0.2, -0.15) is 0 Å². The molecule has 55 heavy (non-hydrogen) atoms. The molecule has 0 unspecified atom stereocenters. The van der Waals surface area contributed by atoms with Crippen LogP contribution in [0.2, 0.25) is 0 Å². The molecule has 0 aromatic heterocycles. The van der Waals surface area contributed by atoms with E-state index in [0.717, 1.165) is 35.9 Å². The molecule has 5 heteroatoms. The normalized spacial score (nSPS) is 11.0. The first-order chi connectivity index (χ1) is 27.1. The highest BCUT2D eigenvalue weighted by molar-refractivity contribution is 9.08. The Bertz CT molecular complexity index is 1070. The number of carbonyl (C=O) groups excluding carboxylic acids is 1. The lowest BCUT2D eigenvalue weighted by molar-refractivity contribution is -0.134. The Balaban J connectivity index is 0.000000550. The summed E-state index contributed by atoms with van der Waals surface area (Å²) >= 11 is 6.88. The van der Waals surface area contributed by atoms with Crippen LogP contribution in [-0.2, 0) is 15.5 Å². The minimum atomic E-state index is -0.110. The molecule has 0 bridgehead atoms. The summed E-state index contributed by atoms with van der Waals surface area (Å²) < 4.78 is 11.2. The fourth-order valence-corrected chi connectivity index (χ4v) is 7.73. The van der Waals surface area contributed by atoms with Crippen molar-refractivity contribution in [3.8, 4) is 11.5 Å². The van der Waals surface area contributed by atoms with E-state index in [4.69, 9.17) is 9.47 Å². The lowest BCUT2D eigenvalue weighted by Crippen LogP contribution is -2.07. The summed E-state index contributed by atoms with van der Waals surface area (Å²) in [5.41, 5.74) is 2.48. The topological polar surface area (TPSA) is 35.5 Å². The molecule has 316 valence electrons. The molecule has 0 aliphatic rings. The Hall–Kier alpha value is -1.33. The van der Waals surface area contributed by atoms with Gasteiger partial charge in [-0.15, -0.1) is 0 Å². The van der Waals surface area contributed by atoms with E-state index in [9.17, 15) is 4.79 Å². The summed E-state index contributed by atoms with van der Waals surface area (Å²) in [6.45, 7) is 5.42. The number of ether oxygens (including phenoxy) is 2. The van der Waals surface area contributed by atoms with Gasteiger partial charge in [-0.05, 0) is 48.2 Å². The minimum Gasteiger partial charge on any atom is -0.494 e. The first kappa shape index (κ1) is 51.7. The van der Waals surface area contributed by atoms with Crippen molar-refractivity contribution < 1.29 is 14.3 Å². The van der Waals surface area contributed by atoms with Crippen LogP contribution in [0.5, 0.6) is 11.5 Å². The van der Waals surface area contributed by atoms with Gasteiger partial charge in [0.05, 0.1) is 6.61 Å². The van der Waals surface area contributed by atoms with Gasteiger partial charge in [-0.25, -0.2) is 0 Å². The standard InChI is InChI=1S/C25H41BrO2.C25H43BrO/c1-2-3-4-5-6-7-8-9-10-11-12-13-14-15-16-17-25(27)28-24-20-18-23(22-26)19-21-24;1-2-3-4-5-6-7-8-9-10-11-12-13-14-15-16-17-22-27-25-20-18-24(23-26)19-21-25/h18-21H,2-17,22H2,1H3;18-21H,2-17,22-23H2,1H3. The van der Waals surface area contributed by atoms with E-state index in [2.05, 4.69) is 70.0 Å². The van der Waals surface area contributed by atoms with E-state index in [1.165, 1.54) is 197 Å². The molecule has 2 aromatic carbocycles. The van der Waals surface area contributed by atoms with E-state index >= 15 is 0 Å². The highest BCUT2D eigenvalue weighted by Crippen LogP contribution is 2.18. The SMILES string of the molecule is CCCCCCCCCCCCCCCCCC(=O)Oc1ccc(CBr)cc1.CCCCCCCCCCCCCCCCCCOc1ccc(CBr)cc1. The van der Waals surface area contributed by atoms with Gasteiger partial charge < -0.3 is 9.47 Å².